The normalized spacial score (nSPS) is 8.91. The highest BCUT2D eigenvalue weighted by Crippen LogP contribution is 2.05. The van der Waals surface area contributed by atoms with Gasteiger partial charge in [-0.05, 0) is 20.8 Å². The van der Waals surface area contributed by atoms with Crippen molar-refractivity contribution in [3.8, 4) is 0 Å². The van der Waals surface area contributed by atoms with Gasteiger partial charge in [0.2, 0.25) is 0 Å². The number of hydrogen-bond donors (Lipinski definition) is 2. The molecule has 0 aromatic heterocycles. The van der Waals surface area contributed by atoms with Crippen molar-refractivity contribution < 1.29 is 28.5 Å². The lowest BCUT2D eigenvalue weighted by atomic mass is 10.2. The van der Waals surface area contributed by atoms with Crippen LogP contribution in [-0.2, 0) is 23.7 Å². The van der Waals surface area contributed by atoms with Crippen LogP contribution in [0.15, 0.2) is 0 Å². The molecule has 8 heteroatoms. The second-order valence-electron chi connectivity index (χ2n) is 5.67. The molecule has 208 valence electrons. The van der Waals surface area contributed by atoms with E-state index in [9.17, 15) is 4.79 Å². The third-order valence-corrected chi connectivity index (χ3v) is 2.29. The molecule has 0 aliphatic rings. The van der Waals surface area contributed by atoms with Crippen molar-refractivity contribution in [1.29, 1.82) is 0 Å². The molecule has 0 atom stereocenters. The molecule has 0 aliphatic heterocycles. The van der Waals surface area contributed by atoms with Gasteiger partial charge in [0.25, 0.3) is 0 Å². The largest absolute Gasteiger partial charge is 0.444 e. The fourth-order valence-corrected chi connectivity index (χ4v) is 1.38. The van der Waals surface area contributed by atoms with Crippen LogP contribution in [0.2, 0.25) is 0 Å². The number of nitrogens with two attached hydrogens (primary N) is 1. The Morgan fingerprint density at radius 3 is 1.21 bits per heavy atom. The van der Waals surface area contributed by atoms with E-state index in [1.165, 1.54) is 0 Å². The Morgan fingerprint density at radius 1 is 0.606 bits per heavy atom. The van der Waals surface area contributed by atoms with Crippen LogP contribution in [-0.4, -0.2) is 77.6 Å². The van der Waals surface area contributed by atoms with Gasteiger partial charge in [-0.3, -0.25) is 0 Å². The molecule has 0 saturated heterocycles. The summed E-state index contributed by atoms with van der Waals surface area (Å²) in [7, 11) is 0. The Hall–Kier alpha value is -0.930. The number of carbonyl (C=O) groups is 1. The Bertz CT molecular complexity index is 289. The number of nitrogens with one attached hydrogen (secondary N) is 1. The number of carbonyl (C=O) groups excluding carboxylic acids is 1. The quantitative estimate of drug-likeness (QED) is 0.305. The molecule has 0 saturated carbocycles. The minimum Gasteiger partial charge on any atom is -0.444 e. The minimum absolute atomic E-state index is 0.404. The fraction of sp³-hybridized carbons (Fsp3) is 0.960. The first-order chi connectivity index (χ1) is 16.0. The van der Waals surface area contributed by atoms with Crippen LogP contribution in [0.5, 0.6) is 0 Å². The fourth-order valence-electron chi connectivity index (χ4n) is 1.38. The van der Waals surface area contributed by atoms with Crippen LogP contribution < -0.4 is 11.1 Å². The van der Waals surface area contributed by atoms with E-state index in [1.54, 1.807) is 0 Å². The maximum atomic E-state index is 11.3. The first-order valence-electron chi connectivity index (χ1n) is 12.9. The van der Waals surface area contributed by atoms with Gasteiger partial charge in [0.15, 0.2) is 0 Å². The van der Waals surface area contributed by atoms with Crippen molar-refractivity contribution in [2.24, 2.45) is 5.73 Å². The second kappa shape index (κ2) is 48.5. The maximum absolute atomic E-state index is 11.3. The summed E-state index contributed by atoms with van der Waals surface area (Å²) in [6.45, 7) is 30.4. The van der Waals surface area contributed by atoms with E-state index >= 15 is 0 Å². The summed E-state index contributed by atoms with van der Waals surface area (Å²) in [6.07, 6.45) is -0.440. The topological polar surface area (TPSA) is 101 Å². The highest BCUT2D eigenvalue weighted by molar-refractivity contribution is 5.67. The van der Waals surface area contributed by atoms with E-state index in [2.05, 4.69) is 5.32 Å². The predicted octanol–water partition coefficient (Wildman–Crippen LogP) is 5.67. The molecule has 0 fully saturated rings. The molecule has 3 N–H and O–H groups in total. The van der Waals surface area contributed by atoms with Gasteiger partial charge in [0.05, 0.1) is 52.9 Å². The van der Waals surface area contributed by atoms with Gasteiger partial charge < -0.3 is 34.7 Å². The zero-order chi connectivity index (χ0) is 27.4. The van der Waals surface area contributed by atoms with Crippen molar-refractivity contribution in [3.05, 3.63) is 0 Å². The second-order valence-corrected chi connectivity index (χ2v) is 5.67. The van der Waals surface area contributed by atoms with Gasteiger partial charge in [-0.1, -0.05) is 69.2 Å². The van der Waals surface area contributed by atoms with Crippen LogP contribution in [0.4, 0.5) is 4.79 Å². The summed E-state index contributed by atoms with van der Waals surface area (Å²) in [5, 5.41) is 2.61. The Labute approximate surface area is 207 Å². The first kappa shape index (κ1) is 45.6. The lowest BCUT2D eigenvalue weighted by Gasteiger charge is -2.19. The van der Waals surface area contributed by atoms with Gasteiger partial charge >= 0.3 is 6.09 Å². The number of alkyl carbamates (subject to hydrolysis) is 1. The van der Waals surface area contributed by atoms with Crippen molar-refractivity contribution in [2.45, 2.75) is 95.6 Å². The Morgan fingerprint density at radius 2 is 0.909 bits per heavy atom. The van der Waals surface area contributed by atoms with Crippen LogP contribution in [0.1, 0.15) is 90.0 Å². The summed E-state index contributed by atoms with van der Waals surface area (Å²) in [4.78, 5) is 11.3. The van der Waals surface area contributed by atoms with E-state index in [0.29, 0.717) is 65.9 Å². The van der Waals surface area contributed by atoms with Gasteiger partial charge in [0.1, 0.15) is 5.60 Å². The van der Waals surface area contributed by atoms with Crippen LogP contribution in [0.25, 0.3) is 0 Å². The molecular weight excluding hydrogens is 424 g/mol. The number of rotatable bonds is 14. The molecule has 1 amide bonds. The molecule has 0 aromatic rings. The summed E-state index contributed by atoms with van der Waals surface area (Å²) in [5.41, 5.74) is 4.79. The van der Waals surface area contributed by atoms with E-state index in [1.807, 2.05) is 90.0 Å². The smallest absolute Gasteiger partial charge is 0.407 e. The maximum Gasteiger partial charge on any atom is 0.407 e. The average molecular weight is 487 g/mol. The summed E-state index contributed by atoms with van der Waals surface area (Å²) < 4.78 is 26.2. The van der Waals surface area contributed by atoms with Gasteiger partial charge in [-0.15, -0.1) is 0 Å². The van der Waals surface area contributed by atoms with E-state index < -0.39 is 11.7 Å². The SMILES string of the molecule is CC.CC.CC.CC.CC.CC(C)(C)OC(=O)NCCOCCOCCOCCOCCN. The van der Waals surface area contributed by atoms with Gasteiger partial charge in [-0.25, -0.2) is 4.79 Å². The van der Waals surface area contributed by atoms with Crippen molar-refractivity contribution >= 4 is 6.09 Å². The number of hydrogen-bond acceptors (Lipinski definition) is 7. The standard InChI is InChI=1S/C15H32N2O6.5C2H6/c1-15(2,3)23-14(18)17-5-7-20-9-11-22-13-12-21-10-8-19-6-4-16;5*1-2/h4-13,16H2,1-3H3,(H,17,18);5*1-2H3. The molecule has 0 radical (unpaired) electrons. The molecular formula is C25H62N2O6. The lowest BCUT2D eigenvalue weighted by Crippen LogP contribution is -2.34. The Kier molecular flexibility index (Phi) is 66.9. The minimum atomic E-state index is -0.489. The highest BCUT2D eigenvalue weighted by atomic mass is 16.6. The average Bonchev–Trinajstić information content (AvgIpc) is 2.84. The monoisotopic (exact) mass is 486 g/mol. The van der Waals surface area contributed by atoms with Crippen molar-refractivity contribution in [2.75, 3.05) is 65.9 Å². The van der Waals surface area contributed by atoms with Crippen molar-refractivity contribution in [1.82, 2.24) is 5.32 Å². The van der Waals surface area contributed by atoms with Crippen LogP contribution in [0, 0.1) is 0 Å². The third kappa shape index (κ3) is 65.2. The number of amides is 1. The molecule has 0 spiro atoms. The zero-order valence-electron chi connectivity index (χ0n) is 24.6. The van der Waals surface area contributed by atoms with E-state index in [4.69, 9.17) is 29.4 Å². The predicted molar refractivity (Wildman–Crippen MR) is 143 cm³/mol. The summed E-state index contributed by atoms with van der Waals surface area (Å²) in [5.74, 6) is 0. The molecule has 8 nitrogen and oxygen atoms in total. The molecule has 0 aliphatic carbocycles. The summed E-state index contributed by atoms with van der Waals surface area (Å²) in [6, 6.07) is 0. The molecule has 33 heavy (non-hydrogen) atoms. The molecule has 0 rings (SSSR count). The molecule has 0 bridgehead atoms. The molecule has 0 heterocycles. The Balaban J connectivity index is -0.000000159. The van der Waals surface area contributed by atoms with Crippen LogP contribution >= 0.6 is 0 Å². The van der Waals surface area contributed by atoms with E-state index in [0.717, 1.165) is 0 Å². The van der Waals surface area contributed by atoms with Gasteiger partial charge in [-0.2, -0.15) is 0 Å². The lowest BCUT2D eigenvalue weighted by molar-refractivity contribution is -0.00101. The van der Waals surface area contributed by atoms with Gasteiger partial charge in [0, 0.05) is 13.1 Å². The summed E-state index contributed by atoms with van der Waals surface area (Å²) >= 11 is 0. The zero-order valence-corrected chi connectivity index (χ0v) is 24.6. The van der Waals surface area contributed by atoms with E-state index in [-0.39, 0.29) is 0 Å². The highest BCUT2D eigenvalue weighted by Gasteiger charge is 2.15. The van der Waals surface area contributed by atoms with Crippen molar-refractivity contribution in [3.63, 3.8) is 0 Å². The molecule has 0 unspecified atom stereocenters. The number of ether oxygens (including phenoxy) is 5. The van der Waals surface area contributed by atoms with Crippen LogP contribution in [0.3, 0.4) is 0 Å². The molecule has 0 aromatic carbocycles. The third-order valence-electron chi connectivity index (χ3n) is 2.29. The first-order valence-corrected chi connectivity index (χ1v) is 12.9.